The molecule has 0 spiro atoms. The molecule has 3 rings (SSSR count). The largest absolute Gasteiger partial charge is 0.350 e. The van der Waals surface area contributed by atoms with Gasteiger partial charge in [-0.15, -0.1) is 0 Å². The number of rotatable bonds is 5. The molecule has 0 fully saturated rings. The number of amides is 1. The van der Waals surface area contributed by atoms with Crippen LogP contribution in [-0.2, 0) is 13.5 Å². The lowest BCUT2D eigenvalue weighted by Crippen LogP contribution is -2.26. The second kappa shape index (κ2) is 6.92. The predicted molar refractivity (Wildman–Crippen MR) is 91.1 cm³/mol. The molecule has 23 heavy (non-hydrogen) atoms. The fourth-order valence-corrected chi connectivity index (χ4v) is 2.51. The van der Waals surface area contributed by atoms with Crippen LogP contribution in [0.2, 0.25) is 0 Å². The molecule has 4 nitrogen and oxygen atoms in total. The van der Waals surface area contributed by atoms with Crippen molar-refractivity contribution in [3.05, 3.63) is 78.0 Å². The molecular formula is C19H19N3O. The Kier molecular flexibility index (Phi) is 4.52. The third-order valence-corrected chi connectivity index (χ3v) is 3.72. The summed E-state index contributed by atoms with van der Waals surface area (Å²) in [7, 11) is 1.85. The van der Waals surface area contributed by atoms with E-state index in [4.69, 9.17) is 0 Å². The van der Waals surface area contributed by atoms with Crippen LogP contribution in [0.1, 0.15) is 16.1 Å². The van der Waals surface area contributed by atoms with Crippen molar-refractivity contribution in [2.45, 2.75) is 6.42 Å². The number of aromatic nitrogens is 2. The van der Waals surface area contributed by atoms with Crippen molar-refractivity contribution in [1.29, 1.82) is 0 Å². The summed E-state index contributed by atoms with van der Waals surface area (Å²) in [6.07, 6.45) is 0.810. The Balaban J connectivity index is 1.64. The summed E-state index contributed by atoms with van der Waals surface area (Å²) in [6, 6.07) is 21.9. The van der Waals surface area contributed by atoms with Gasteiger partial charge in [0, 0.05) is 13.6 Å². The van der Waals surface area contributed by atoms with E-state index < -0.39 is 0 Å². The summed E-state index contributed by atoms with van der Waals surface area (Å²) in [5.41, 5.74) is 3.63. The smallest absolute Gasteiger partial charge is 0.271 e. The van der Waals surface area contributed by atoms with E-state index in [-0.39, 0.29) is 5.91 Å². The van der Waals surface area contributed by atoms with Gasteiger partial charge in [0.1, 0.15) is 0 Å². The van der Waals surface area contributed by atoms with E-state index in [1.807, 2.05) is 61.6 Å². The van der Waals surface area contributed by atoms with Crippen LogP contribution in [0.4, 0.5) is 0 Å². The van der Waals surface area contributed by atoms with Gasteiger partial charge in [-0.25, -0.2) is 0 Å². The van der Waals surface area contributed by atoms with Crippen molar-refractivity contribution in [2.24, 2.45) is 7.05 Å². The average Bonchev–Trinajstić information content (AvgIpc) is 2.98. The second-order valence-corrected chi connectivity index (χ2v) is 5.40. The monoisotopic (exact) mass is 305 g/mol. The molecule has 116 valence electrons. The van der Waals surface area contributed by atoms with E-state index in [0.29, 0.717) is 12.2 Å². The molecule has 1 amide bonds. The maximum Gasteiger partial charge on any atom is 0.271 e. The van der Waals surface area contributed by atoms with E-state index in [1.165, 1.54) is 5.56 Å². The number of nitrogens with zero attached hydrogens (tertiary/aromatic N) is 2. The lowest BCUT2D eigenvalue weighted by Gasteiger charge is -2.03. The molecule has 2 aromatic carbocycles. The fraction of sp³-hybridized carbons (Fsp3) is 0.158. The predicted octanol–water partition coefficient (Wildman–Crippen LogP) is 3.06. The first-order valence-corrected chi connectivity index (χ1v) is 7.65. The maximum atomic E-state index is 12.2. The van der Waals surface area contributed by atoms with Gasteiger partial charge in [-0.3, -0.25) is 9.48 Å². The first-order valence-electron chi connectivity index (χ1n) is 7.65. The third-order valence-electron chi connectivity index (χ3n) is 3.72. The van der Waals surface area contributed by atoms with Crippen molar-refractivity contribution in [1.82, 2.24) is 15.1 Å². The molecule has 4 heteroatoms. The van der Waals surface area contributed by atoms with E-state index in [1.54, 1.807) is 4.68 Å². The van der Waals surface area contributed by atoms with Gasteiger partial charge < -0.3 is 5.32 Å². The minimum atomic E-state index is -0.140. The minimum Gasteiger partial charge on any atom is -0.350 e. The molecule has 0 atom stereocenters. The Morgan fingerprint density at radius 2 is 1.70 bits per heavy atom. The van der Waals surface area contributed by atoms with Crippen molar-refractivity contribution in [2.75, 3.05) is 6.54 Å². The van der Waals surface area contributed by atoms with Crippen LogP contribution in [0.5, 0.6) is 0 Å². The lowest BCUT2D eigenvalue weighted by molar-refractivity contribution is 0.0948. The molecule has 1 heterocycles. The number of carbonyl (C=O) groups is 1. The van der Waals surface area contributed by atoms with E-state index >= 15 is 0 Å². The normalized spacial score (nSPS) is 10.5. The SMILES string of the molecule is Cn1nc(C(=O)NCCc2ccccc2)cc1-c1ccccc1. The van der Waals surface area contributed by atoms with Gasteiger partial charge in [-0.2, -0.15) is 5.10 Å². The quantitative estimate of drug-likeness (QED) is 0.787. The molecule has 0 unspecified atom stereocenters. The number of benzene rings is 2. The third kappa shape index (κ3) is 3.66. The summed E-state index contributed by atoms with van der Waals surface area (Å²) >= 11 is 0. The van der Waals surface area contributed by atoms with Crippen molar-refractivity contribution >= 4 is 5.91 Å². The van der Waals surface area contributed by atoms with Crippen LogP contribution < -0.4 is 5.32 Å². The molecule has 0 aliphatic rings. The summed E-state index contributed by atoms with van der Waals surface area (Å²) in [4.78, 5) is 12.2. The summed E-state index contributed by atoms with van der Waals surface area (Å²) in [6.45, 7) is 0.597. The van der Waals surface area contributed by atoms with E-state index in [9.17, 15) is 4.79 Å². The number of aryl methyl sites for hydroxylation is 1. The lowest BCUT2D eigenvalue weighted by atomic mass is 10.1. The second-order valence-electron chi connectivity index (χ2n) is 5.40. The molecule has 1 N–H and O–H groups in total. The molecule has 0 saturated carbocycles. The van der Waals surface area contributed by atoms with Gasteiger partial charge >= 0.3 is 0 Å². The summed E-state index contributed by atoms with van der Waals surface area (Å²) in [5, 5.41) is 7.24. The fourth-order valence-electron chi connectivity index (χ4n) is 2.51. The van der Waals surface area contributed by atoms with Gasteiger partial charge in [0.2, 0.25) is 0 Å². The maximum absolute atomic E-state index is 12.2. The minimum absolute atomic E-state index is 0.140. The number of hydrogen-bond acceptors (Lipinski definition) is 2. The van der Waals surface area contributed by atoms with Crippen molar-refractivity contribution < 1.29 is 4.79 Å². The van der Waals surface area contributed by atoms with E-state index in [2.05, 4.69) is 22.5 Å². The van der Waals surface area contributed by atoms with Crippen LogP contribution in [-0.4, -0.2) is 22.2 Å². The van der Waals surface area contributed by atoms with Crippen LogP contribution in [0.3, 0.4) is 0 Å². The Bertz CT molecular complexity index is 779. The number of hydrogen-bond donors (Lipinski definition) is 1. The molecule has 0 bridgehead atoms. The molecule has 0 radical (unpaired) electrons. The standard InChI is InChI=1S/C19H19N3O/c1-22-18(16-10-6-3-7-11-16)14-17(21-22)19(23)20-13-12-15-8-4-2-5-9-15/h2-11,14H,12-13H2,1H3,(H,20,23). The van der Waals surface area contributed by atoms with Gasteiger partial charge in [-0.1, -0.05) is 60.7 Å². The first kappa shape index (κ1) is 15.0. The van der Waals surface area contributed by atoms with Gasteiger partial charge in [0.05, 0.1) is 5.69 Å². The van der Waals surface area contributed by atoms with Gasteiger partial charge in [0.15, 0.2) is 5.69 Å². The Hall–Kier alpha value is -2.88. The zero-order valence-corrected chi connectivity index (χ0v) is 13.1. The van der Waals surface area contributed by atoms with Crippen LogP contribution in [0.15, 0.2) is 66.7 Å². The highest BCUT2D eigenvalue weighted by Crippen LogP contribution is 2.19. The Morgan fingerprint density at radius 1 is 1.04 bits per heavy atom. The Labute approximate surface area is 135 Å². The molecular weight excluding hydrogens is 286 g/mol. The summed E-state index contributed by atoms with van der Waals surface area (Å²) in [5.74, 6) is -0.140. The van der Waals surface area contributed by atoms with Crippen LogP contribution in [0.25, 0.3) is 11.3 Å². The molecule has 3 aromatic rings. The Morgan fingerprint density at radius 3 is 2.39 bits per heavy atom. The summed E-state index contributed by atoms with van der Waals surface area (Å²) < 4.78 is 1.74. The van der Waals surface area contributed by atoms with Crippen LogP contribution >= 0.6 is 0 Å². The topological polar surface area (TPSA) is 46.9 Å². The molecule has 0 aliphatic heterocycles. The highest BCUT2D eigenvalue weighted by molar-refractivity contribution is 5.93. The zero-order chi connectivity index (χ0) is 16.1. The van der Waals surface area contributed by atoms with Crippen molar-refractivity contribution in [3.63, 3.8) is 0 Å². The number of carbonyl (C=O) groups excluding carboxylic acids is 1. The first-order chi connectivity index (χ1) is 11.2. The zero-order valence-electron chi connectivity index (χ0n) is 13.1. The van der Waals surface area contributed by atoms with E-state index in [0.717, 1.165) is 17.7 Å². The molecule has 0 aliphatic carbocycles. The highest BCUT2D eigenvalue weighted by Gasteiger charge is 2.13. The average molecular weight is 305 g/mol. The van der Waals surface area contributed by atoms with Gasteiger partial charge in [-0.05, 0) is 23.6 Å². The highest BCUT2D eigenvalue weighted by atomic mass is 16.1. The van der Waals surface area contributed by atoms with Crippen LogP contribution in [0, 0.1) is 0 Å². The van der Waals surface area contributed by atoms with Gasteiger partial charge in [0.25, 0.3) is 5.91 Å². The molecule has 1 aromatic heterocycles. The molecule has 0 saturated heterocycles. The van der Waals surface area contributed by atoms with Crippen molar-refractivity contribution in [3.8, 4) is 11.3 Å². The number of nitrogens with one attached hydrogen (secondary N) is 1.